The van der Waals surface area contributed by atoms with Crippen LogP contribution in [0.4, 0.5) is 0 Å². The molecule has 1 atom stereocenters. The number of nitrogens with zero attached hydrogens (tertiary/aromatic N) is 2. The highest BCUT2D eigenvalue weighted by Gasteiger charge is 2.25. The molecule has 0 saturated carbocycles. The molecule has 4 nitrogen and oxygen atoms in total. The number of hydrogen-bond donors (Lipinski definition) is 1. The Balaban J connectivity index is 2.47. The van der Waals surface area contributed by atoms with Crippen LogP contribution in [0.25, 0.3) is 0 Å². The van der Waals surface area contributed by atoms with Crippen molar-refractivity contribution in [3.05, 3.63) is 33.8 Å². The van der Waals surface area contributed by atoms with Gasteiger partial charge in [-0.25, -0.2) is 0 Å². The Morgan fingerprint density at radius 2 is 2.19 bits per heavy atom. The standard InChI is InChI=1S/C16H25N3OS/c1-5-9-17-14(16-12(6-2)8-10-21-16)15-13(20-4)11-18-19(15)7-3/h8,10-11,14,17H,5-7,9H2,1-4H3. The summed E-state index contributed by atoms with van der Waals surface area (Å²) in [6, 6.07) is 2.37. The van der Waals surface area contributed by atoms with Crippen molar-refractivity contribution >= 4 is 11.3 Å². The molecule has 2 aromatic heterocycles. The maximum Gasteiger partial charge on any atom is 0.161 e. The van der Waals surface area contributed by atoms with Gasteiger partial charge in [0.1, 0.15) is 5.69 Å². The van der Waals surface area contributed by atoms with E-state index in [0.29, 0.717) is 0 Å². The third kappa shape index (κ3) is 3.30. The first-order chi connectivity index (χ1) is 10.3. The summed E-state index contributed by atoms with van der Waals surface area (Å²) < 4.78 is 7.57. The first-order valence-electron chi connectivity index (χ1n) is 7.66. The van der Waals surface area contributed by atoms with Gasteiger partial charge >= 0.3 is 0 Å². The van der Waals surface area contributed by atoms with Gasteiger partial charge in [0.05, 0.1) is 19.3 Å². The Morgan fingerprint density at radius 1 is 1.38 bits per heavy atom. The maximum absolute atomic E-state index is 5.54. The van der Waals surface area contributed by atoms with Gasteiger partial charge in [-0.1, -0.05) is 13.8 Å². The molecule has 0 spiro atoms. The highest BCUT2D eigenvalue weighted by atomic mass is 32.1. The minimum Gasteiger partial charge on any atom is -0.493 e. The Hall–Kier alpha value is -1.33. The topological polar surface area (TPSA) is 39.1 Å². The average Bonchev–Trinajstić information content (AvgIpc) is 3.14. The Morgan fingerprint density at radius 3 is 2.81 bits per heavy atom. The second-order valence-corrected chi connectivity index (χ2v) is 5.91. The summed E-state index contributed by atoms with van der Waals surface area (Å²) in [7, 11) is 1.71. The molecule has 0 aliphatic carbocycles. The van der Waals surface area contributed by atoms with Crippen LogP contribution in [-0.4, -0.2) is 23.4 Å². The number of thiophene rings is 1. The molecule has 21 heavy (non-hydrogen) atoms. The van der Waals surface area contributed by atoms with Gasteiger partial charge in [-0.2, -0.15) is 5.10 Å². The number of aryl methyl sites for hydroxylation is 2. The molecule has 5 heteroatoms. The van der Waals surface area contributed by atoms with Crippen molar-refractivity contribution < 1.29 is 4.74 Å². The summed E-state index contributed by atoms with van der Waals surface area (Å²) in [5.74, 6) is 0.862. The molecular formula is C16H25N3OS. The summed E-state index contributed by atoms with van der Waals surface area (Å²) in [5.41, 5.74) is 2.53. The molecule has 116 valence electrons. The fourth-order valence-electron chi connectivity index (χ4n) is 2.57. The summed E-state index contributed by atoms with van der Waals surface area (Å²) in [6.45, 7) is 8.33. The molecular weight excluding hydrogens is 282 g/mol. The summed E-state index contributed by atoms with van der Waals surface area (Å²) in [5, 5.41) is 10.3. The zero-order chi connectivity index (χ0) is 15.2. The molecule has 2 rings (SSSR count). The van der Waals surface area contributed by atoms with E-state index in [0.717, 1.165) is 37.4 Å². The van der Waals surface area contributed by atoms with E-state index in [1.807, 2.05) is 22.2 Å². The van der Waals surface area contributed by atoms with Crippen molar-refractivity contribution in [3.8, 4) is 5.75 Å². The molecule has 0 fully saturated rings. The van der Waals surface area contributed by atoms with E-state index >= 15 is 0 Å². The van der Waals surface area contributed by atoms with Crippen LogP contribution in [0.1, 0.15) is 49.4 Å². The van der Waals surface area contributed by atoms with Crippen molar-refractivity contribution in [1.29, 1.82) is 0 Å². The van der Waals surface area contributed by atoms with Crippen molar-refractivity contribution in [3.63, 3.8) is 0 Å². The Kier molecular flexibility index (Phi) is 5.82. The summed E-state index contributed by atoms with van der Waals surface area (Å²) in [6.07, 6.45) is 3.97. The molecule has 2 aromatic rings. The maximum atomic E-state index is 5.54. The number of hydrogen-bond acceptors (Lipinski definition) is 4. The van der Waals surface area contributed by atoms with E-state index in [9.17, 15) is 0 Å². The van der Waals surface area contributed by atoms with E-state index in [1.54, 1.807) is 7.11 Å². The largest absolute Gasteiger partial charge is 0.493 e. The molecule has 0 aliphatic rings. The van der Waals surface area contributed by atoms with Gasteiger partial charge in [-0.05, 0) is 43.3 Å². The Bertz CT molecular complexity index is 540. The third-order valence-electron chi connectivity index (χ3n) is 3.66. The minimum atomic E-state index is 0.150. The first-order valence-corrected chi connectivity index (χ1v) is 8.54. The van der Waals surface area contributed by atoms with E-state index in [1.165, 1.54) is 10.4 Å². The van der Waals surface area contributed by atoms with Crippen LogP contribution in [0.2, 0.25) is 0 Å². The molecule has 0 saturated heterocycles. The van der Waals surface area contributed by atoms with Crippen molar-refractivity contribution in [2.45, 2.75) is 46.2 Å². The summed E-state index contributed by atoms with van der Waals surface area (Å²) in [4.78, 5) is 1.37. The first kappa shape index (κ1) is 16.0. The quantitative estimate of drug-likeness (QED) is 0.809. The molecule has 1 unspecified atom stereocenters. The third-order valence-corrected chi connectivity index (χ3v) is 4.68. The molecule has 1 N–H and O–H groups in total. The van der Waals surface area contributed by atoms with Crippen LogP contribution in [0.15, 0.2) is 17.6 Å². The van der Waals surface area contributed by atoms with Crippen LogP contribution >= 0.6 is 11.3 Å². The van der Waals surface area contributed by atoms with E-state index < -0.39 is 0 Å². The number of rotatable bonds is 8. The average molecular weight is 307 g/mol. The molecule has 0 aliphatic heterocycles. The zero-order valence-corrected chi connectivity index (χ0v) is 14.2. The molecule has 2 heterocycles. The highest BCUT2D eigenvalue weighted by Crippen LogP contribution is 2.35. The Labute approximate surface area is 131 Å². The van der Waals surface area contributed by atoms with Gasteiger partial charge in [0.15, 0.2) is 5.75 Å². The molecule has 0 aromatic carbocycles. The lowest BCUT2D eigenvalue weighted by molar-refractivity contribution is 0.399. The number of ether oxygens (including phenoxy) is 1. The van der Waals surface area contributed by atoms with Crippen LogP contribution in [0.3, 0.4) is 0 Å². The summed E-state index contributed by atoms with van der Waals surface area (Å²) >= 11 is 1.81. The fourth-order valence-corrected chi connectivity index (χ4v) is 3.65. The second kappa shape index (κ2) is 7.61. The van der Waals surface area contributed by atoms with Gasteiger partial charge in [0.25, 0.3) is 0 Å². The van der Waals surface area contributed by atoms with Crippen molar-refractivity contribution in [2.24, 2.45) is 0 Å². The number of nitrogens with one attached hydrogen (secondary N) is 1. The normalized spacial score (nSPS) is 12.6. The fraction of sp³-hybridized carbons (Fsp3) is 0.562. The highest BCUT2D eigenvalue weighted by molar-refractivity contribution is 7.10. The van der Waals surface area contributed by atoms with Gasteiger partial charge in [-0.3, -0.25) is 4.68 Å². The van der Waals surface area contributed by atoms with Gasteiger partial charge in [0.2, 0.25) is 0 Å². The van der Waals surface area contributed by atoms with Crippen LogP contribution in [0.5, 0.6) is 5.75 Å². The smallest absolute Gasteiger partial charge is 0.161 e. The molecule has 0 amide bonds. The van der Waals surface area contributed by atoms with Crippen LogP contribution < -0.4 is 10.1 Å². The predicted octanol–water partition coefficient (Wildman–Crippen LogP) is 3.62. The van der Waals surface area contributed by atoms with E-state index in [-0.39, 0.29) is 6.04 Å². The van der Waals surface area contributed by atoms with Gasteiger partial charge < -0.3 is 10.1 Å². The van der Waals surface area contributed by atoms with Crippen molar-refractivity contribution in [1.82, 2.24) is 15.1 Å². The number of methoxy groups -OCH3 is 1. The second-order valence-electron chi connectivity index (χ2n) is 4.96. The molecule has 0 radical (unpaired) electrons. The monoisotopic (exact) mass is 307 g/mol. The number of aromatic nitrogens is 2. The van der Waals surface area contributed by atoms with E-state index in [2.05, 4.69) is 42.6 Å². The van der Waals surface area contributed by atoms with E-state index in [4.69, 9.17) is 4.74 Å². The van der Waals surface area contributed by atoms with Crippen LogP contribution in [0, 0.1) is 0 Å². The zero-order valence-electron chi connectivity index (χ0n) is 13.3. The lowest BCUT2D eigenvalue weighted by Crippen LogP contribution is -2.26. The van der Waals surface area contributed by atoms with Gasteiger partial charge in [-0.15, -0.1) is 11.3 Å². The van der Waals surface area contributed by atoms with Crippen LogP contribution in [-0.2, 0) is 13.0 Å². The van der Waals surface area contributed by atoms with Crippen molar-refractivity contribution in [2.75, 3.05) is 13.7 Å². The van der Waals surface area contributed by atoms with Gasteiger partial charge in [0, 0.05) is 11.4 Å². The lowest BCUT2D eigenvalue weighted by Gasteiger charge is -2.21. The minimum absolute atomic E-state index is 0.150. The predicted molar refractivity (Wildman–Crippen MR) is 88.3 cm³/mol. The lowest BCUT2D eigenvalue weighted by atomic mass is 10.1. The molecule has 0 bridgehead atoms. The SMILES string of the molecule is CCCNC(c1sccc1CC)c1c(OC)cnn1CC.